The minimum atomic E-state index is -0.356. The Morgan fingerprint density at radius 2 is 2.27 bits per heavy atom. The van der Waals surface area contributed by atoms with Gasteiger partial charge in [0.1, 0.15) is 22.8 Å². The van der Waals surface area contributed by atoms with Crippen LogP contribution in [0.2, 0.25) is 0 Å². The molecule has 1 N–H and O–H groups in total. The number of carbonyl (C=O) groups excluding carboxylic acids is 1. The van der Waals surface area contributed by atoms with Crippen LogP contribution in [0.1, 0.15) is 16.9 Å². The van der Waals surface area contributed by atoms with Gasteiger partial charge in [0.2, 0.25) is 5.91 Å². The van der Waals surface area contributed by atoms with Crippen molar-refractivity contribution in [3.8, 4) is 0 Å². The Balaban J connectivity index is 1.61. The molecule has 0 radical (unpaired) electrons. The third-order valence-corrected chi connectivity index (χ3v) is 7.04. The maximum atomic E-state index is 14.3. The fourth-order valence-corrected chi connectivity index (χ4v) is 5.38. The molecule has 6 nitrogen and oxygen atoms in total. The number of amides is 1. The van der Waals surface area contributed by atoms with Crippen LogP contribution in [0.25, 0.3) is 10.2 Å². The molecule has 3 aromatic rings. The van der Waals surface area contributed by atoms with Crippen LogP contribution in [0, 0.1) is 11.7 Å². The SMILES string of the molecule is COCCN(C)C(=O)C1CCc2c(sc3ncnc(Nc4ccc(Br)cc4F)c23)C1. The summed E-state index contributed by atoms with van der Waals surface area (Å²) in [6.07, 6.45) is 3.73. The number of nitrogens with one attached hydrogen (secondary N) is 1. The van der Waals surface area contributed by atoms with Crippen LogP contribution in [-0.4, -0.2) is 48.1 Å². The van der Waals surface area contributed by atoms with Crippen molar-refractivity contribution in [2.75, 3.05) is 32.6 Å². The van der Waals surface area contributed by atoms with Gasteiger partial charge in [0.15, 0.2) is 0 Å². The van der Waals surface area contributed by atoms with Gasteiger partial charge in [0.05, 0.1) is 17.7 Å². The number of rotatable bonds is 6. The highest BCUT2D eigenvalue weighted by Gasteiger charge is 2.30. The second kappa shape index (κ2) is 8.95. The molecule has 2 aromatic heterocycles. The first-order chi connectivity index (χ1) is 14.5. The maximum absolute atomic E-state index is 14.3. The predicted octanol–water partition coefficient (Wildman–Crippen LogP) is 4.55. The number of hydrogen-bond donors (Lipinski definition) is 1. The van der Waals surface area contributed by atoms with E-state index in [9.17, 15) is 9.18 Å². The molecular formula is C21H22BrFN4O2S. The number of aryl methyl sites for hydroxylation is 1. The van der Waals surface area contributed by atoms with E-state index in [1.54, 1.807) is 35.5 Å². The number of methoxy groups -OCH3 is 1. The molecule has 0 saturated heterocycles. The Kier molecular flexibility index (Phi) is 6.31. The second-order valence-corrected chi connectivity index (χ2v) is 9.35. The van der Waals surface area contributed by atoms with Gasteiger partial charge in [-0.1, -0.05) is 15.9 Å². The third kappa shape index (κ3) is 4.19. The van der Waals surface area contributed by atoms with E-state index in [2.05, 4.69) is 31.2 Å². The lowest BCUT2D eigenvalue weighted by atomic mass is 9.87. The molecule has 0 spiro atoms. The van der Waals surface area contributed by atoms with Crippen molar-refractivity contribution in [1.82, 2.24) is 14.9 Å². The molecule has 1 atom stereocenters. The van der Waals surface area contributed by atoms with E-state index < -0.39 is 0 Å². The monoisotopic (exact) mass is 492 g/mol. The van der Waals surface area contributed by atoms with E-state index >= 15 is 0 Å². The number of ether oxygens (including phenoxy) is 1. The highest BCUT2D eigenvalue weighted by atomic mass is 79.9. The number of aromatic nitrogens is 2. The average molecular weight is 493 g/mol. The summed E-state index contributed by atoms with van der Waals surface area (Å²) < 4.78 is 20.1. The zero-order valence-electron chi connectivity index (χ0n) is 16.7. The molecule has 1 amide bonds. The Morgan fingerprint density at radius 3 is 3.03 bits per heavy atom. The number of carbonyl (C=O) groups is 1. The predicted molar refractivity (Wildman–Crippen MR) is 120 cm³/mol. The van der Waals surface area contributed by atoms with Crippen molar-refractivity contribution in [2.24, 2.45) is 5.92 Å². The summed E-state index contributed by atoms with van der Waals surface area (Å²) in [6, 6.07) is 4.87. The smallest absolute Gasteiger partial charge is 0.225 e. The Hall–Kier alpha value is -2.10. The second-order valence-electron chi connectivity index (χ2n) is 7.35. The maximum Gasteiger partial charge on any atom is 0.225 e. The molecule has 158 valence electrons. The van der Waals surface area contributed by atoms with Crippen molar-refractivity contribution in [3.63, 3.8) is 0 Å². The highest BCUT2D eigenvalue weighted by molar-refractivity contribution is 9.10. The molecule has 1 aliphatic carbocycles. The summed E-state index contributed by atoms with van der Waals surface area (Å²) >= 11 is 4.87. The first-order valence-electron chi connectivity index (χ1n) is 9.69. The minimum absolute atomic E-state index is 0.0410. The van der Waals surface area contributed by atoms with E-state index in [4.69, 9.17) is 4.74 Å². The van der Waals surface area contributed by atoms with Crippen molar-refractivity contribution in [2.45, 2.75) is 19.3 Å². The van der Waals surface area contributed by atoms with Gasteiger partial charge in [-0.25, -0.2) is 14.4 Å². The van der Waals surface area contributed by atoms with Crippen LogP contribution in [0.5, 0.6) is 0 Å². The van der Waals surface area contributed by atoms with Gasteiger partial charge in [-0.3, -0.25) is 4.79 Å². The van der Waals surface area contributed by atoms with E-state index in [0.717, 1.165) is 27.9 Å². The quantitative estimate of drug-likeness (QED) is 0.546. The topological polar surface area (TPSA) is 67.3 Å². The van der Waals surface area contributed by atoms with Gasteiger partial charge in [-0.15, -0.1) is 11.3 Å². The van der Waals surface area contributed by atoms with Crippen molar-refractivity contribution < 1.29 is 13.9 Å². The van der Waals surface area contributed by atoms with E-state index in [-0.39, 0.29) is 17.6 Å². The number of thiophene rings is 1. The number of hydrogen-bond acceptors (Lipinski definition) is 6. The molecule has 4 rings (SSSR count). The molecular weight excluding hydrogens is 471 g/mol. The fraction of sp³-hybridized carbons (Fsp3) is 0.381. The number of benzene rings is 1. The Morgan fingerprint density at radius 1 is 1.43 bits per heavy atom. The summed E-state index contributed by atoms with van der Waals surface area (Å²) in [5, 5.41) is 4.05. The lowest BCUT2D eigenvalue weighted by Crippen LogP contribution is -2.37. The van der Waals surface area contributed by atoms with Gasteiger partial charge < -0.3 is 15.0 Å². The fourth-order valence-electron chi connectivity index (χ4n) is 3.78. The minimum Gasteiger partial charge on any atom is -0.383 e. The number of anilines is 2. The molecule has 1 aliphatic rings. The van der Waals surface area contributed by atoms with Crippen molar-refractivity contribution in [3.05, 3.63) is 45.3 Å². The van der Waals surface area contributed by atoms with Crippen LogP contribution >= 0.6 is 27.3 Å². The Labute approximate surface area is 186 Å². The van der Waals surface area contributed by atoms with Gasteiger partial charge in [0, 0.05) is 36.0 Å². The van der Waals surface area contributed by atoms with Crippen LogP contribution in [0.3, 0.4) is 0 Å². The molecule has 1 aromatic carbocycles. The number of halogens is 2. The zero-order valence-corrected chi connectivity index (χ0v) is 19.1. The van der Waals surface area contributed by atoms with E-state index in [0.29, 0.717) is 35.6 Å². The van der Waals surface area contributed by atoms with Crippen molar-refractivity contribution in [1.29, 1.82) is 0 Å². The van der Waals surface area contributed by atoms with E-state index in [1.165, 1.54) is 18.0 Å². The standard InChI is InChI=1S/C21H22BrFN4O2S/c1-27(7-8-29-2)21(28)12-3-5-14-17(9-12)30-20-18(14)19(24-11-25-20)26-16-6-4-13(22)10-15(16)23/h4,6,10-12H,3,5,7-9H2,1-2H3,(H,24,25,26). The van der Waals surface area contributed by atoms with Crippen LogP contribution < -0.4 is 5.32 Å². The highest BCUT2D eigenvalue weighted by Crippen LogP contribution is 2.41. The van der Waals surface area contributed by atoms with E-state index in [1.807, 2.05) is 7.05 Å². The number of fused-ring (bicyclic) bond motifs is 3. The van der Waals surface area contributed by atoms with Gasteiger partial charge in [0.25, 0.3) is 0 Å². The first-order valence-corrected chi connectivity index (χ1v) is 11.3. The average Bonchev–Trinajstić information content (AvgIpc) is 3.12. The Bertz CT molecular complexity index is 1090. The molecule has 9 heteroatoms. The molecule has 0 aliphatic heterocycles. The van der Waals surface area contributed by atoms with Gasteiger partial charge >= 0.3 is 0 Å². The zero-order chi connectivity index (χ0) is 21.3. The summed E-state index contributed by atoms with van der Waals surface area (Å²) in [4.78, 5) is 25.4. The molecule has 1 unspecified atom stereocenters. The van der Waals surface area contributed by atoms with Crippen LogP contribution in [-0.2, 0) is 22.4 Å². The lowest BCUT2D eigenvalue weighted by molar-refractivity contribution is -0.135. The molecule has 0 saturated carbocycles. The first kappa shape index (κ1) is 21.1. The normalized spacial score (nSPS) is 15.8. The summed E-state index contributed by atoms with van der Waals surface area (Å²) in [6.45, 7) is 1.11. The van der Waals surface area contributed by atoms with Gasteiger partial charge in [-0.05, 0) is 43.0 Å². The summed E-state index contributed by atoms with van der Waals surface area (Å²) in [7, 11) is 3.46. The van der Waals surface area contributed by atoms with Crippen LogP contribution in [0.15, 0.2) is 29.0 Å². The number of likely N-dealkylation sites (N-methyl/N-ethyl adjacent to an activating group) is 1. The third-order valence-electron chi connectivity index (χ3n) is 5.39. The van der Waals surface area contributed by atoms with Crippen molar-refractivity contribution >= 4 is 54.9 Å². The molecule has 0 bridgehead atoms. The summed E-state index contributed by atoms with van der Waals surface area (Å²) in [5.41, 5.74) is 1.53. The van der Waals surface area contributed by atoms with Gasteiger partial charge in [-0.2, -0.15) is 0 Å². The van der Waals surface area contributed by atoms with Crippen LogP contribution in [0.4, 0.5) is 15.9 Å². The molecule has 0 fully saturated rings. The largest absolute Gasteiger partial charge is 0.383 e. The summed E-state index contributed by atoms with van der Waals surface area (Å²) in [5.74, 6) is 0.350. The molecule has 30 heavy (non-hydrogen) atoms. The lowest BCUT2D eigenvalue weighted by Gasteiger charge is -2.26. The number of nitrogens with zero attached hydrogens (tertiary/aromatic N) is 3. The molecule has 2 heterocycles.